The maximum Gasteiger partial charge on any atom is 0.200 e. The van der Waals surface area contributed by atoms with E-state index in [0.717, 1.165) is 0 Å². The highest BCUT2D eigenvalue weighted by Crippen LogP contribution is 2.17. The van der Waals surface area contributed by atoms with Crippen LogP contribution >= 0.6 is 11.6 Å². The number of aromatic nitrogens is 4. The molecule has 0 fully saturated rings. The summed E-state index contributed by atoms with van der Waals surface area (Å²) in [7, 11) is 0. The third kappa shape index (κ3) is 1.81. The highest BCUT2D eigenvalue weighted by molar-refractivity contribution is 6.32. The van der Waals surface area contributed by atoms with Gasteiger partial charge in [-0.25, -0.2) is 9.97 Å². The Hall–Kier alpha value is -1.75. The number of carbonyl (C=O) groups excluding carboxylic acids is 1. The van der Waals surface area contributed by atoms with Crippen LogP contribution in [0, 0.1) is 6.92 Å². The van der Waals surface area contributed by atoms with Crippen molar-refractivity contribution >= 4 is 17.4 Å². The number of rotatable bonds is 2. The molecule has 2 heterocycles. The minimum atomic E-state index is -0.178. The van der Waals surface area contributed by atoms with Gasteiger partial charge < -0.3 is 0 Å². The Labute approximate surface area is 97.1 Å². The van der Waals surface area contributed by atoms with Crippen LogP contribution in [0.25, 0.3) is 5.82 Å². The fourth-order valence-electron chi connectivity index (χ4n) is 1.32. The molecule has 16 heavy (non-hydrogen) atoms. The van der Waals surface area contributed by atoms with Gasteiger partial charge in [-0.2, -0.15) is 4.68 Å². The Morgan fingerprint density at radius 3 is 2.88 bits per heavy atom. The van der Waals surface area contributed by atoms with E-state index >= 15 is 0 Å². The smallest absolute Gasteiger partial charge is 0.200 e. The number of hydrogen-bond acceptors (Lipinski definition) is 4. The molecule has 2 rings (SSSR count). The normalized spacial score (nSPS) is 10.4. The lowest BCUT2D eigenvalue weighted by molar-refractivity contribution is 0.100. The van der Waals surface area contributed by atoms with Crippen molar-refractivity contribution in [3.05, 3.63) is 35.0 Å². The Bertz CT molecular complexity index is 550. The van der Waals surface area contributed by atoms with Crippen LogP contribution < -0.4 is 0 Å². The molecule has 0 unspecified atom stereocenters. The lowest BCUT2D eigenvalue weighted by atomic mass is 10.4. The second-order valence-electron chi connectivity index (χ2n) is 3.26. The molecule has 0 aromatic carbocycles. The number of halogens is 1. The molecule has 2 aromatic rings. The van der Waals surface area contributed by atoms with Crippen molar-refractivity contribution in [1.82, 2.24) is 19.7 Å². The van der Waals surface area contributed by atoms with E-state index in [9.17, 15) is 4.79 Å². The number of aryl methyl sites for hydroxylation is 1. The quantitative estimate of drug-likeness (QED) is 0.747. The molecule has 0 atom stereocenters. The van der Waals surface area contributed by atoms with Crippen molar-refractivity contribution in [2.45, 2.75) is 13.8 Å². The van der Waals surface area contributed by atoms with Gasteiger partial charge in [-0.3, -0.25) is 4.79 Å². The molecular weight excluding hydrogens is 228 g/mol. The standard InChI is InChI=1S/C10H9ClN4O/c1-6(16)9-13-7(2)14-15(9)10-8(11)4-3-5-12-10/h3-5H,1-2H3. The predicted molar refractivity (Wildman–Crippen MR) is 58.9 cm³/mol. The molecule has 0 radical (unpaired) electrons. The minimum absolute atomic E-state index is 0.178. The molecule has 82 valence electrons. The molecule has 0 aliphatic heterocycles. The molecule has 2 aromatic heterocycles. The van der Waals surface area contributed by atoms with E-state index in [1.807, 2.05) is 0 Å². The zero-order valence-corrected chi connectivity index (χ0v) is 9.56. The van der Waals surface area contributed by atoms with Crippen LogP contribution in [-0.4, -0.2) is 25.5 Å². The molecule has 0 bridgehead atoms. The zero-order chi connectivity index (χ0) is 11.7. The Morgan fingerprint density at radius 1 is 1.50 bits per heavy atom. The first-order chi connectivity index (χ1) is 7.59. The van der Waals surface area contributed by atoms with E-state index < -0.39 is 0 Å². The fourth-order valence-corrected chi connectivity index (χ4v) is 1.53. The SMILES string of the molecule is CC(=O)c1nc(C)nn1-c1ncccc1Cl. The van der Waals surface area contributed by atoms with Crippen LogP contribution in [0.4, 0.5) is 0 Å². The molecular formula is C10H9ClN4O. The van der Waals surface area contributed by atoms with Crippen molar-refractivity contribution in [3.63, 3.8) is 0 Å². The number of nitrogens with zero attached hydrogens (tertiary/aromatic N) is 4. The van der Waals surface area contributed by atoms with Gasteiger partial charge >= 0.3 is 0 Å². The maximum absolute atomic E-state index is 11.4. The number of carbonyl (C=O) groups is 1. The first-order valence-electron chi connectivity index (χ1n) is 4.65. The van der Waals surface area contributed by atoms with Gasteiger partial charge in [-0.05, 0) is 19.1 Å². The van der Waals surface area contributed by atoms with Crippen molar-refractivity contribution in [2.75, 3.05) is 0 Å². The molecule has 0 N–H and O–H groups in total. The first-order valence-corrected chi connectivity index (χ1v) is 5.03. The summed E-state index contributed by atoms with van der Waals surface area (Å²) >= 11 is 5.98. The van der Waals surface area contributed by atoms with E-state index in [4.69, 9.17) is 11.6 Å². The van der Waals surface area contributed by atoms with Crippen molar-refractivity contribution in [3.8, 4) is 5.82 Å². The summed E-state index contributed by atoms with van der Waals surface area (Å²) in [6, 6.07) is 3.40. The van der Waals surface area contributed by atoms with Crippen LogP contribution in [0.1, 0.15) is 23.4 Å². The zero-order valence-electron chi connectivity index (χ0n) is 8.81. The summed E-state index contributed by atoms with van der Waals surface area (Å²) in [6.45, 7) is 3.14. The molecule has 0 aliphatic carbocycles. The number of ketones is 1. The third-order valence-electron chi connectivity index (χ3n) is 1.97. The van der Waals surface area contributed by atoms with Crippen LogP contribution in [0.15, 0.2) is 18.3 Å². The summed E-state index contributed by atoms with van der Waals surface area (Å²) in [4.78, 5) is 19.5. The summed E-state index contributed by atoms with van der Waals surface area (Å²) in [6.07, 6.45) is 1.59. The maximum atomic E-state index is 11.4. The highest BCUT2D eigenvalue weighted by Gasteiger charge is 2.16. The monoisotopic (exact) mass is 236 g/mol. The molecule has 0 saturated heterocycles. The van der Waals surface area contributed by atoms with Gasteiger partial charge in [0, 0.05) is 13.1 Å². The van der Waals surface area contributed by atoms with Gasteiger partial charge in [0.05, 0.1) is 5.02 Å². The minimum Gasteiger partial charge on any atom is -0.291 e. The molecule has 5 nitrogen and oxygen atoms in total. The summed E-state index contributed by atoms with van der Waals surface area (Å²) < 4.78 is 1.36. The predicted octanol–water partition coefficient (Wildman–Crippen LogP) is 1.83. The van der Waals surface area contributed by atoms with E-state index in [1.54, 1.807) is 25.3 Å². The van der Waals surface area contributed by atoms with Gasteiger partial charge in [0.1, 0.15) is 5.82 Å². The van der Waals surface area contributed by atoms with E-state index in [-0.39, 0.29) is 11.6 Å². The Morgan fingerprint density at radius 2 is 2.25 bits per heavy atom. The van der Waals surface area contributed by atoms with Gasteiger partial charge in [-0.1, -0.05) is 11.6 Å². The summed E-state index contributed by atoms with van der Waals surface area (Å²) in [5.41, 5.74) is 0. The van der Waals surface area contributed by atoms with Gasteiger partial charge in [0.2, 0.25) is 5.82 Å². The van der Waals surface area contributed by atoms with Crippen LogP contribution in [-0.2, 0) is 0 Å². The molecule has 0 aliphatic rings. The molecule has 0 amide bonds. The topological polar surface area (TPSA) is 60.7 Å². The molecule has 6 heteroatoms. The van der Waals surface area contributed by atoms with Gasteiger partial charge in [-0.15, -0.1) is 5.10 Å². The average molecular weight is 237 g/mol. The molecule has 0 saturated carbocycles. The molecule has 0 spiro atoms. The van der Waals surface area contributed by atoms with E-state index in [1.165, 1.54) is 11.6 Å². The Balaban J connectivity index is 2.64. The first kappa shape index (κ1) is 10.8. The van der Waals surface area contributed by atoms with Gasteiger partial charge in [0.25, 0.3) is 0 Å². The summed E-state index contributed by atoms with van der Waals surface area (Å²) in [5.74, 6) is 0.974. The number of hydrogen-bond donors (Lipinski definition) is 0. The number of pyridine rings is 1. The van der Waals surface area contributed by atoms with Crippen LogP contribution in [0.3, 0.4) is 0 Å². The van der Waals surface area contributed by atoms with E-state index in [2.05, 4.69) is 15.1 Å². The largest absolute Gasteiger partial charge is 0.291 e. The van der Waals surface area contributed by atoms with Crippen molar-refractivity contribution in [1.29, 1.82) is 0 Å². The number of Topliss-reactive ketones (excluding diaryl/α,β-unsaturated/α-hetero) is 1. The lowest BCUT2D eigenvalue weighted by Gasteiger charge is -2.03. The fraction of sp³-hybridized carbons (Fsp3) is 0.200. The van der Waals surface area contributed by atoms with Crippen LogP contribution in [0.5, 0.6) is 0 Å². The lowest BCUT2D eigenvalue weighted by Crippen LogP contribution is -2.09. The van der Waals surface area contributed by atoms with E-state index in [0.29, 0.717) is 16.7 Å². The van der Waals surface area contributed by atoms with Gasteiger partial charge in [0.15, 0.2) is 11.6 Å². The second kappa shape index (κ2) is 4.02. The van der Waals surface area contributed by atoms with Crippen molar-refractivity contribution in [2.24, 2.45) is 0 Å². The highest BCUT2D eigenvalue weighted by atomic mass is 35.5. The third-order valence-corrected chi connectivity index (χ3v) is 2.26. The average Bonchev–Trinajstić information content (AvgIpc) is 2.61. The summed E-state index contributed by atoms with van der Waals surface area (Å²) in [5, 5.41) is 4.53. The Kier molecular flexibility index (Phi) is 2.70. The van der Waals surface area contributed by atoms with Crippen LogP contribution in [0.2, 0.25) is 5.02 Å². The van der Waals surface area contributed by atoms with Crippen molar-refractivity contribution < 1.29 is 4.79 Å². The second-order valence-corrected chi connectivity index (χ2v) is 3.67.